The number of urea groups is 1. The van der Waals surface area contributed by atoms with Crippen molar-refractivity contribution in [1.82, 2.24) is 25.4 Å². The smallest absolute Gasteiger partial charge is 0.320 e. The molecule has 1 aliphatic rings. The molecule has 4 rings (SSSR count). The molecule has 8 nitrogen and oxygen atoms in total. The number of halogens is 1. The first-order valence-corrected chi connectivity index (χ1v) is 11.6. The normalized spacial score (nSPS) is 14.9. The lowest BCUT2D eigenvalue weighted by atomic mass is 9.89. The van der Waals surface area contributed by atoms with Crippen molar-refractivity contribution in [3.8, 4) is 11.1 Å². The topological polar surface area (TPSA) is 101 Å². The Labute approximate surface area is 204 Å². The van der Waals surface area contributed by atoms with E-state index in [0.29, 0.717) is 22.9 Å². The number of hydrogen-bond acceptors (Lipinski definition) is 4. The zero-order chi connectivity index (χ0) is 24.5. The van der Waals surface area contributed by atoms with Crippen molar-refractivity contribution in [3.05, 3.63) is 64.6 Å². The van der Waals surface area contributed by atoms with Gasteiger partial charge in [0.1, 0.15) is 5.82 Å². The van der Waals surface area contributed by atoms with Crippen LogP contribution in [0.1, 0.15) is 48.3 Å². The molecule has 1 atom stereocenters. The van der Waals surface area contributed by atoms with E-state index >= 15 is 0 Å². The van der Waals surface area contributed by atoms with E-state index in [-0.39, 0.29) is 23.3 Å². The lowest BCUT2D eigenvalue weighted by Crippen LogP contribution is -2.32. The standard InChI is InChI=1S/C25H29ClN6O2/c1-15(16-5-7-17(8-6-16)23(33)27-4)11-29-24(34)31-22-9-18(20(26)13-28-22)19-12-30-32-14-25(2,3)10-21(19)32/h5-9,12-13,15H,10-11,14H2,1-4H3,(H,27,33)(H2,28,29,31,34). The van der Waals surface area contributed by atoms with Crippen molar-refractivity contribution in [2.45, 2.75) is 39.7 Å². The van der Waals surface area contributed by atoms with Gasteiger partial charge >= 0.3 is 6.03 Å². The number of aromatic nitrogens is 3. The second kappa shape index (κ2) is 9.46. The van der Waals surface area contributed by atoms with Gasteiger partial charge < -0.3 is 10.6 Å². The molecule has 0 radical (unpaired) electrons. The first-order valence-electron chi connectivity index (χ1n) is 11.2. The highest BCUT2D eigenvalue weighted by Crippen LogP contribution is 2.39. The fraction of sp³-hybridized carbons (Fsp3) is 0.360. The number of nitrogens with one attached hydrogen (secondary N) is 3. The second-order valence-corrected chi connectivity index (χ2v) is 9.90. The molecule has 3 amide bonds. The van der Waals surface area contributed by atoms with Gasteiger partial charge in [0.25, 0.3) is 5.91 Å². The first kappa shape index (κ1) is 23.8. The van der Waals surface area contributed by atoms with Crippen LogP contribution in [0.2, 0.25) is 5.02 Å². The van der Waals surface area contributed by atoms with E-state index in [1.807, 2.05) is 29.9 Å². The summed E-state index contributed by atoms with van der Waals surface area (Å²) in [6, 6.07) is 8.78. The summed E-state index contributed by atoms with van der Waals surface area (Å²) in [6.45, 7) is 7.74. The molecule has 9 heteroatoms. The van der Waals surface area contributed by atoms with Crippen molar-refractivity contribution in [2.75, 3.05) is 18.9 Å². The number of pyridine rings is 1. The zero-order valence-corrected chi connectivity index (χ0v) is 20.5. The van der Waals surface area contributed by atoms with Gasteiger partial charge in [-0.05, 0) is 41.5 Å². The quantitative estimate of drug-likeness (QED) is 0.484. The van der Waals surface area contributed by atoms with Crippen LogP contribution in [-0.2, 0) is 13.0 Å². The number of carbonyl (C=O) groups excluding carboxylic acids is 2. The molecule has 0 aliphatic carbocycles. The molecule has 0 saturated carbocycles. The molecule has 2 aromatic heterocycles. The van der Waals surface area contributed by atoms with Gasteiger partial charge in [0.2, 0.25) is 0 Å². The Morgan fingerprint density at radius 2 is 1.91 bits per heavy atom. The molecule has 0 fully saturated rings. The molecule has 3 heterocycles. The third-order valence-corrected chi connectivity index (χ3v) is 6.40. The fourth-order valence-corrected chi connectivity index (χ4v) is 4.42. The molecule has 0 spiro atoms. The van der Waals surface area contributed by atoms with Crippen molar-refractivity contribution >= 4 is 29.4 Å². The minimum absolute atomic E-state index is 0.0663. The van der Waals surface area contributed by atoms with Gasteiger partial charge in [-0.3, -0.25) is 14.8 Å². The van der Waals surface area contributed by atoms with E-state index in [2.05, 4.69) is 39.9 Å². The van der Waals surface area contributed by atoms with E-state index in [9.17, 15) is 9.59 Å². The van der Waals surface area contributed by atoms with Gasteiger partial charge in [0.15, 0.2) is 0 Å². The number of rotatable bonds is 6. The van der Waals surface area contributed by atoms with Crippen LogP contribution in [0, 0.1) is 5.41 Å². The predicted molar refractivity (Wildman–Crippen MR) is 133 cm³/mol. The van der Waals surface area contributed by atoms with Crippen molar-refractivity contribution < 1.29 is 9.59 Å². The number of anilines is 1. The van der Waals surface area contributed by atoms with Crippen LogP contribution in [0.4, 0.5) is 10.6 Å². The third kappa shape index (κ3) is 5.07. The number of benzene rings is 1. The zero-order valence-electron chi connectivity index (χ0n) is 19.8. The van der Waals surface area contributed by atoms with E-state index in [1.54, 1.807) is 31.4 Å². The number of fused-ring (bicyclic) bond motifs is 1. The Morgan fingerprint density at radius 3 is 2.62 bits per heavy atom. The Kier molecular flexibility index (Phi) is 6.61. The summed E-state index contributed by atoms with van der Waals surface area (Å²) in [6.07, 6.45) is 4.28. The molecule has 1 aromatic carbocycles. The summed E-state index contributed by atoms with van der Waals surface area (Å²) in [5, 5.41) is 13.3. The van der Waals surface area contributed by atoms with Gasteiger partial charge in [-0.1, -0.05) is 44.5 Å². The molecular weight excluding hydrogens is 452 g/mol. The van der Waals surface area contributed by atoms with Crippen LogP contribution in [-0.4, -0.2) is 40.3 Å². The van der Waals surface area contributed by atoms with Crippen molar-refractivity contribution in [3.63, 3.8) is 0 Å². The highest BCUT2D eigenvalue weighted by Gasteiger charge is 2.32. The number of hydrogen-bond donors (Lipinski definition) is 3. The maximum absolute atomic E-state index is 12.5. The summed E-state index contributed by atoms with van der Waals surface area (Å²) in [7, 11) is 1.60. The Morgan fingerprint density at radius 1 is 1.18 bits per heavy atom. The molecule has 178 valence electrons. The van der Waals surface area contributed by atoms with Crippen LogP contribution in [0.3, 0.4) is 0 Å². The highest BCUT2D eigenvalue weighted by atomic mass is 35.5. The van der Waals surface area contributed by atoms with Crippen LogP contribution < -0.4 is 16.0 Å². The van der Waals surface area contributed by atoms with E-state index in [1.165, 1.54) is 0 Å². The summed E-state index contributed by atoms with van der Waals surface area (Å²) in [5.74, 6) is 0.351. The van der Waals surface area contributed by atoms with Crippen molar-refractivity contribution in [2.24, 2.45) is 5.41 Å². The highest BCUT2D eigenvalue weighted by molar-refractivity contribution is 6.33. The minimum atomic E-state index is -0.351. The number of nitrogens with zero attached hydrogens (tertiary/aromatic N) is 3. The maximum atomic E-state index is 12.5. The van der Waals surface area contributed by atoms with Gasteiger partial charge in [-0.15, -0.1) is 0 Å². The summed E-state index contributed by atoms with van der Waals surface area (Å²) < 4.78 is 2.02. The van der Waals surface area contributed by atoms with Gasteiger partial charge in [0.05, 0.1) is 11.2 Å². The lowest BCUT2D eigenvalue weighted by molar-refractivity contribution is 0.0963. The average Bonchev–Trinajstić information content (AvgIpc) is 3.33. The Hall–Kier alpha value is -3.39. The maximum Gasteiger partial charge on any atom is 0.320 e. The second-order valence-electron chi connectivity index (χ2n) is 9.49. The van der Waals surface area contributed by atoms with Crippen LogP contribution >= 0.6 is 11.6 Å². The van der Waals surface area contributed by atoms with Crippen LogP contribution in [0.5, 0.6) is 0 Å². The summed E-state index contributed by atoms with van der Waals surface area (Å²) in [4.78, 5) is 28.5. The Bertz CT molecular complexity index is 1220. The van der Waals surface area contributed by atoms with Gasteiger partial charge in [0, 0.05) is 48.7 Å². The molecule has 0 bridgehead atoms. The van der Waals surface area contributed by atoms with E-state index in [4.69, 9.17) is 11.6 Å². The number of amides is 3. The third-order valence-electron chi connectivity index (χ3n) is 6.10. The summed E-state index contributed by atoms with van der Waals surface area (Å²) in [5.41, 5.74) is 4.69. The fourth-order valence-electron chi connectivity index (χ4n) is 4.22. The molecule has 1 unspecified atom stereocenters. The van der Waals surface area contributed by atoms with Gasteiger partial charge in [-0.2, -0.15) is 5.10 Å². The molecule has 0 saturated heterocycles. The molecule has 1 aliphatic heterocycles. The Balaban J connectivity index is 1.39. The molecule has 3 aromatic rings. The summed E-state index contributed by atoms with van der Waals surface area (Å²) >= 11 is 6.45. The van der Waals surface area contributed by atoms with Crippen molar-refractivity contribution in [1.29, 1.82) is 0 Å². The molecule has 34 heavy (non-hydrogen) atoms. The lowest BCUT2D eigenvalue weighted by Gasteiger charge is -2.15. The monoisotopic (exact) mass is 480 g/mol. The van der Waals surface area contributed by atoms with Crippen LogP contribution in [0.15, 0.2) is 42.7 Å². The number of carbonyl (C=O) groups is 2. The molecular formula is C25H29ClN6O2. The molecule has 3 N–H and O–H groups in total. The average molecular weight is 481 g/mol. The van der Waals surface area contributed by atoms with E-state index < -0.39 is 0 Å². The predicted octanol–water partition coefficient (Wildman–Crippen LogP) is 4.47. The SMILES string of the molecule is CNC(=O)c1ccc(C(C)CNC(=O)Nc2cc(-c3cnn4c3CC(C)(C)C4)c(Cl)cn2)cc1. The van der Waals surface area contributed by atoms with Gasteiger partial charge in [-0.25, -0.2) is 9.78 Å². The van der Waals surface area contributed by atoms with E-state index in [0.717, 1.165) is 35.3 Å². The first-order chi connectivity index (χ1) is 16.2. The van der Waals surface area contributed by atoms with Crippen LogP contribution in [0.25, 0.3) is 11.1 Å². The minimum Gasteiger partial charge on any atom is -0.355 e. The largest absolute Gasteiger partial charge is 0.355 e.